The van der Waals surface area contributed by atoms with Crippen LogP contribution >= 0.6 is 11.6 Å². The lowest BCUT2D eigenvalue weighted by atomic mass is 10.1. The Morgan fingerprint density at radius 1 is 1.39 bits per heavy atom. The van der Waals surface area contributed by atoms with Crippen molar-refractivity contribution in [1.82, 2.24) is 14.3 Å². The van der Waals surface area contributed by atoms with Gasteiger partial charge in [-0.15, -0.1) is 0 Å². The van der Waals surface area contributed by atoms with E-state index in [1.165, 1.54) is 25.1 Å². The van der Waals surface area contributed by atoms with Gasteiger partial charge in [-0.25, -0.2) is 9.18 Å². The summed E-state index contributed by atoms with van der Waals surface area (Å²) in [7, 11) is 0. The van der Waals surface area contributed by atoms with Gasteiger partial charge in [-0.1, -0.05) is 17.7 Å². The molecule has 0 bridgehead atoms. The maximum Gasteiger partial charge on any atom is 0.433 e. The van der Waals surface area contributed by atoms with Gasteiger partial charge in [-0.05, 0) is 25.1 Å². The van der Waals surface area contributed by atoms with Crippen LogP contribution in [0.25, 0.3) is 22.4 Å². The van der Waals surface area contributed by atoms with Crippen LogP contribution in [0.3, 0.4) is 0 Å². The first-order valence-electron chi connectivity index (χ1n) is 9.83. The summed E-state index contributed by atoms with van der Waals surface area (Å²) >= 11 is 6.13. The number of aliphatic hydroxyl groups is 1. The van der Waals surface area contributed by atoms with Crippen molar-refractivity contribution >= 4 is 17.7 Å². The van der Waals surface area contributed by atoms with E-state index < -0.39 is 48.1 Å². The van der Waals surface area contributed by atoms with E-state index in [0.29, 0.717) is 4.68 Å². The SMILES string of the molecule is C[C@H](O)Cn1ncc(-c2cc(-c3c(F)cccc3Cl)cn2C(=O)OC2COC2)c1C(F)(F)F. The molecule has 3 heterocycles. The maximum absolute atomic E-state index is 14.5. The number of hydrogen-bond acceptors (Lipinski definition) is 5. The molecule has 0 aliphatic carbocycles. The van der Waals surface area contributed by atoms with Crippen molar-refractivity contribution < 1.29 is 36.9 Å². The average molecular weight is 488 g/mol. The molecule has 1 saturated heterocycles. The lowest BCUT2D eigenvalue weighted by molar-refractivity contribution is -0.144. The van der Waals surface area contributed by atoms with Crippen LogP contribution < -0.4 is 0 Å². The maximum atomic E-state index is 14.5. The van der Waals surface area contributed by atoms with Crippen LogP contribution in [-0.4, -0.2) is 51.0 Å². The number of benzene rings is 1. The second-order valence-electron chi connectivity index (χ2n) is 7.56. The van der Waals surface area contributed by atoms with Crippen molar-refractivity contribution in [2.24, 2.45) is 0 Å². The normalized spacial score (nSPS) is 15.4. The molecule has 4 rings (SSSR count). The first kappa shape index (κ1) is 23.3. The summed E-state index contributed by atoms with van der Waals surface area (Å²) in [4.78, 5) is 12.8. The average Bonchev–Trinajstić information content (AvgIpc) is 3.28. The van der Waals surface area contributed by atoms with Gasteiger partial charge in [-0.2, -0.15) is 18.3 Å². The van der Waals surface area contributed by atoms with Crippen molar-refractivity contribution in [1.29, 1.82) is 0 Å². The fourth-order valence-corrected chi connectivity index (χ4v) is 3.75. The zero-order valence-electron chi connectivity index (χ0n) is 17.1. The third-order valence-electron chi connectivity index (χ3n) is 4.96. The van der Waals surface area contributed by atoms with Crippen LogP contribution in [0.4, 0.5) is 22.4 Å². The van der Waals surface area contributed by atoms with Gasteiger partial charge in [0, 0.05) is 22.9 Å². The molecular formula is C21H18ClF4N3O4. The summed E-state index contributed by atoms with van der Waals surface area (Å²) in [6.45, 7) is 1.22. The molecular weight excluding hydrogens is 470 g/mol. The third-order valence-corrected chi connectivity index (χ3v) is 5.28. The van der Waals surface area contributed by atoms with Crippen LogP contribution in [0.15, 0.2) is 36.7 Å². The number of rotatable bonds is 5. The number of ether oxygens (including phenoxy) is 2. The highest BCUT2D eigenvalue weighted by molar-refractivity contribution is 6.33. The van der Waals surface area contributed by atoms with E-state index in [-0.39, 0.29) is 35.1 Å². The number of nitrogens with zero attached hydrogens (tertiary/aromatic N) is 3. The number of aromatic nitrogens is 3. The Labute approximate surface area is 190 Å². The third kappa shape index (κ3) is 4.61. The molecule has 2 aromatic heterocycles. The second-order valence-corrected chi connectivity index (χ2v) is 7.97. The van der Waals surface area contributed by atoms with Gasteiger partial charge in [-0.3, -0.25) is 9.25 Å². The minimum Gasteiger partial charge on any atom is -0.441 e. The zero-order valence-corrected chi connectivity index (χ0v) is 17.9. The summed E-state index contributed by atoms with van der Waals surface area (Å²) in [6, 6.07) is 5.15. The predicted molar refractivity (Wildman–Crippen MR) is 109 cm³/mol. The summed E-state index contributed by atoms with van der Waals surface area (Å²) < 4.78 is 68.1. The number of aliphatic hydroxyl groups excluding tert-OH is 1. The highest BCUT2D eigenvalue weighted by Crippen LogP contribution is 2.40. The molecule has 1 N–H and O–H groups in total. The molecule has 1 aliphatic rings. The minimum atomic E-state index is -4.86. The molecule has 0 radical (unpaired) electrons. The van der Waals surface area contributed by atoms with E-state index in [1.54, 1.807) is 0 Å². The molecule has 33 heavy (non-hydrogen) atoms. The van der Waals surface area contributed by atoms with E-state index in [4.69, 9.17) is 21.1 Å². The van der Waals surface area contributed by atoms with Crippen molar-refractivity contribution in [2.45, 2.75) is 31.9 Å². The quantitative estimate of drug-likeness (QED) is 0.532. The Morgan fingerprint density at radius 2 is 2.12 bits per heavy atom. The van der Waals surface area contributed by atoms with Gasteiger partial charge in [0.25, 0.3) is 0 Å². The topological polar surface area (TPSA) is 78.5 Å². The van der Waals surface area contributed by atoms with Crippen molar-refractivity contribution in [3.8, 4) is 22.4 Å². The van der Waals surface area contributed by atoms with Gasteiger partial charge in [0.15, 0.2) is 11.8 Å². The van der Waals surface area contributed by atoms with Gasteiger partial charge < -0.3 is 14.6 Å². The van der Waals surface area contributed by atoms with Gasteiger partial charge in [0.1, 0.15) is 5.82 Å². The fourth-order valence-electron chi connectivity index (χ4n) is 3.47. The Kier molecular flexibility index (Phi) is 6.21. The van der Waals surface area contributed by atoms with Crippen LogP contribution in [0.2, 0.25) is 5.02 Å². The molecule has 1 aliphatic heterocycles. The molecule has 1 aromatic carbocycles. The largest absolute Gasteiger partial charge is 0.441 e. The van der Waals surface area contributed by atoms with E-state index >= 15 is 0 Å². The first-order valence-corrected chi connectivity index (χ1v) is 10.2. The van der Waals surface area contributed by atoms with E-state index in [9.17, 15) is 27.5 Å². The molecule has 0 saturated carbocycles. The lowest BCUT2D eigenvalue weighted by Gasteiger charge is -2.25. The van der Waals surface area contributed by atoms with E-state index in [1.807, 2.05) is 0 Å². The predicted octanol–water partition coefficient (Wildman–Crippen LogP) is 4.59. The van der Waals surface area contributed by atoms with E-state index in [0.717, 1.165) is 23.0 Å². The summed E-state index contributed by atoms with van der Waals surface area (Å²) in [5.41, 5.74) is -1.84. The lowest BCUT2D eigenvalue weighted by Crippen LogP contribution is -2.38. The molecule has 7 nitrogen and oxygen atoms in total. The van der Waals surface area contributed by atoms with Gasteiger partial charge in [0.05, 0.1) is 42.8 Å². The number of carbonyl (C=O) groups excluding carboxylic acids is 1. The molecule has 0 unspecified atom stereocenters. The van der Waals surface area contributed by atoms with Crippen molar-refractivity contribution in [2.75, 3.05) is 13.2 Å². The molecule has 1 fully saturated rings. The van der Waals surface area contributed by atoms with Crippen molar-refractivity contribution in [3.05, 3.63) is 53.2 Å². The molecule has 176 valence electrons. The Balaban J connectivity index is 1.89. The standard InChI is InChI=1S/C21H18ClF4N3O4/c1-11(30)7-29-19(21(24,25)26)14(6-27-29)17-5-12(18-15(22)3-2-4-16(18)23)8-28(17)20(31)33-13-9-32-10-13/h2-6,8,11,13,30H,7,9-10H2,1H3/t11-/m0/s1. The number of halogens is 5. The van der Waals surface area contributed by atoms with Crippen LogP contribution in [0, 0.1) is 5.82 Å². The molecule has 1 atom stereocenters. The summed E-state index contributed by atoms with van der Waals surface area (Å²) in [6.07, 6.45) is -5.39. The molecule has 0 amide bonds. The Hall–Kier alpha value is -2.89. The monoisotopic (exact) mass is 487 g/mol. The zero-order chi connectivity index (χ0) is 23.9. The first-order chi connectivity index (χ1) is 15.6. The van der Waals surface area contributed by atoms with Gasteiger partial charge in [0.2, 0.25) is 0 Å². The molecule has 3 aromatic rings. The van der Waals surface area contributed by atoms with Crippen LogP contribution in [0.1, 0.15) is 12.6 Å². The van der Waals surface area contributed by atoms with E-state index in [2.05, 4.69) is 5.10 Å². The minimum absolute atomic E-state index is 0.0142. The summed E-state index contributed by atoms with van der Waals surface area (Å²) in [5, 5.41) is 13.4. The fraction of sp³-hybridized carbons (Fsp3) is 0.333. The number of hydrogen-bond donors (Lipinski definition) is 1. The number of alkyl halides is 3. The second kappa shape index (κ2) is 8.81. The van der Waals surface area contributed by atoms with Crippen LogP contribution in [0.5, 0.6) is 0 Å². The Bertz CT molecular complexity index is 1160. The highest BCUT2D eigenvalue weighted by atomic mass is 35.5. The molecule has 12 heteroatoms. The number of carbonyl (C=O) groups is 1. The van der Waals surface area contributed by atoms with Crippen molar-refractivity contribution in [3.63, 3.8) is 0 Å². The van der Waals surface area contributed by atoms with Crippen LogP contribution in [-0.2, 0) is 22.2 Å². The Morgan fingerprint density at radius 3 is 2.70 bits per heavy atom. The smallest absolute Gasteiger partial charge is 0.433 e. The molecule has 0 spiro atoms. The summed E-state index contributed by atoms with van der Waals surface area (Å²) in [5.74, 6) is -0.715. The van der Waals surface area contributed by atoms with Gasteiger partial charge >= 0.3 is 12.3 Å². The highest BCUT2D eigenvalue weighted by Gasteiger charge is 2.40.